The molecule has 2 heterocycles. The molecule has 0 bridgehead atoms. The third kappa shape index (κ3) is 3.33. The number of nitrogens with zero attached hydrogens (tertiary/aromatic N) is 3. The van der Waals surface area contributed by atoms with Gasteiger partial charge in [-0.15, -0.1) is 3.97 Å². The van der Waals surface area contributed by atoms with Gasteiger partial charge in [0.15, 0.2) is 5.76 Å². The van der Waals surface area contributed by atoms with Crippen molar-refractivity contribution in [3.05, 3.63) is 51.3 Å². The summed E-state index contributed by atoms with van der Waals surface area (Å²) in [5, 5.41) is 7.20. The van der Waals surface area contributed by atoms with Gasteiger partial charge in [-0.1, -0.05) is 22.9 Å². The molecule has 25 heavy (non-hydrogen) atoms. The Kier molecular flexibility index (Phi) is 4.45. The average molecular weight is 365 g/mol. The van der Waals surface area contributed by atoms with Gasteiger partial charge in [0.1, 0.15) is 11.4 Å². The SMILES string of the molecule is Cc1ccc(Oc2noc(=O)n2S(=O)Oc2c(C)noc2C)c(C)c1. The lowest BCUT2D eigenvalue weighted by atomic mass is 10.1. The van der Waals surface area contributed by atoms with Crippen LogP contribution < -0.4 is 14.7 Å². The fourth-order valence-electron chi connectivity index (χ4n) is 2.13. The highest BCUT2D eigenvalue weighted by atomic mass is 32.2. The standard InChI is InChI=1S/C15H15N3O6S/c1-8-5-6-12(9(2)7-8)21-14-17-23-15(19)18(14)25(20)24-13-10(3)16-22-11(13)4/h5-7H,1-4H3. The van der Waals surface area contributed by atoms with Crippen molar-refractivity contribution in [2.45, 2.75) is 27.7 Å². The Morgan fingerprint density at radius 3 is 2.52 bits per heavy atom. The maximum atomic E-state index is 12.5. The van der Waals surface area contributed by atoms with E-state index in [0.717, 1.165) is 11.1 Å². The summed E-state index contributed by atoms with van der Waals surface area (Å²) in [6.07, 6.45) is 0. The Labute approximate surface area is 144 Å². The van der Waals surface area contributed by atoms with Crippen molar-refractivity contribution in [1.29, 1.82) is 0 Å². The molecule has 0 aliphatic heterocycles. The Morgan fingerprint density at radius 1 is 1.12 bits per heavy atom. The molecule has 1 atom stereocenters. The van der Waals surface area contributed by atoms with E-state index in [1.807, 2.05) is 26.0 Å². The van der Waals surface area contributed by atoms with Gasteiger partial charge in [-0.05, 0) is 37.6 Å². The zero-order chi connectivity index (χ0) is 18.1. The van der Waals surface area contributed by atoms with E-state index in [-0.39, 0.29) is 11.8 Å². The van der Waals surface area contributed by atoms with Crippen molar-refractivity contribution in [2.24, 2.45) is 0 Å². The van der Waals surface area contributed by atoms with Gasteiger partial charge >= 0.3 is 23.0 Å². The number of rotatable bonds is 5. The largest absolute Gasteiger partial charge is 0.459 e. The summed E-state index contributed by atoms with van der Waals surface area (Å²) in [6.45, 7) is 6.99. The van der Waals surface area contributed by atoms with E-state index in [4.69, 9.17) is 13.4 Å². The van der Waals surface area contributed by atoms with E-state index in [9.17, 15) is 9.00 Å². The molecule has 3 aromatic rings. The number of ether oxygens (including phenoxy) is 1. The molecule has 0 N–H and O–H groups in total. The first-order chi connectivity index (χ1) is 11.9. The summed E-state index contributed by atoms with van der Waals surface area (Å²) in [7, 11) is 0. The van der Waals surface area contributed by atoms with Crippen LogP contribution in [-0.2, 0) is 11.3 Å². The number of aryl methyl sites for hydroxylation is 4. The van der Waals surface area contributed by atoms with Crippen LogP contribution in [0.3, 0.4) is 0 Å². The minimum absolute atomic E-state index is 0.170. The van der Waals surface area contributed by atoms with E-state index in [2.05, 4.69) is 14.8 Å². The van der Waals surface area contributed by atoms with Crippen LogP contribution in [-0.4, -0.2) is 18.5 Å². The molecule has 0 saturated heterocycles. The number of aromatic nitrogens is 3. The molecular weight excluding hydrogens is 350 g/mol. The minimum Gasteiger partial charge on any atom is -0.422 e. The van der Waals surface area contributed by atoms with E-state index in [1.165, 1.54) is 0 Å². The quantitative estimate of drug-likeness (QED) is 0.678. The van der Waals surface area contributed by atoms with E-state index in [1.54, 1.807) is 19.9 Å². The monoisotopic (exact) mass is 365 g/mol. The summed E-state index contributed by atoms with van der Waals surface area (Å²) >= 11 is -2.29. The summed E-state index contributed by atoms with van der Waals surface area (Å²) < 4.78 is 33.4. The van der Waals surface area contributed by atoms with Crippen LogP contribution >= 0.6 is 0 Å². The molecule has 132 valence electrons. The normalized spacial score (nSPS) is 12.2. The lowest BCUT2D eigenvalue weighted by Gasteiger charge is -2.08. The second-order valence-electron chi connectivity index (χ2n) is 5.35. The van der Waals surface area contributed by atoms with Gasteiger partial charge in [-0.25, -0.2) is 4.79 Å². The molecule has 0 aliphatic carbocycles. The second kappa shape index (κ2) is 6.55. The van der Waals surface area contributed by atoms with E-state index < -0.39 is 17.0 Å². The highest BCUT2D eigenvalue weighted by Gasteiger charge is 2.24. The highest BCUT2D eigenvalue weighted by Crippen LogP contribution is 2.26. The minimum atomic E-state index is -2.29. The van der Waals surface area contributed by atoms with Crippen molar-refractivity contribution >= 4 is 11.3 Å². The molecule has 0 radical (unpaired) electrons. The number of hydrogen-bond acceptors (Lipinski definition) is 8. The summed E-state index contributed by atoms with van der Waals surface area (Å²) in [5.74, 6) is -0.0389. The Bertz CT molecular complexity index is 984. The number of hydrogen-bond donors (Lipinski definition) is 0. The summed E-state index contributed by atoms with van der Waals surface area (Å²) in [6, 6.07) is 5.16. The number of benzene rings is 1. The lowest BCUT2D eigenvalue weighted by Crippen LogP contribution is -2.22. The van der Waals surface area contributed by atoms with Gasteiger partial charge in [0, 0.05) is 6.92 Å². The third-order valence-electron chi connectivity index (χ3n) is 3.34. The van der Waals surface area contributed by atoms with E-state index in [0.29, 0.717) is 21.2 Å². The fourth-order valence-corrected chi connectivity index (χ4v) is 2.94. The van der Waals surface area contributed by atoms with Gasteiger partial charge in [-0.2, -0.15) is 4.21 Å². The Balaban J connectivity index is 1.91. The first-order valence-corrected chi connectivity index (χ1v) is 8.27. The second-order valence-corrected chi connectivity index (χ2v) is 6.32. The lowest BCUT2D eigenvalue weighted by molar-refractivity contribution is 0.350. The topological polar surface area (TPSA) is 110 Å². The summed E-state index contributed by atoms with van der Waals surface area (Å²) in [5.41, 5.74) is 2.26. The van der Waals surface area contributed by atoms with Crippen molar-refractivity contribution in [3.8, 4) is 17.5 Å². The van der Waals surface area contributed by atoms with Gasteiger partial charge in [0.05, 0.1) is 0 Å². The van der Waals surface area contributed by atoms with Crippen LogP contribution in [0.4, 0.5) is 0 Å². The maximum Gasteiger partial charge on any atom is 0.459 e. The molecule has 3 rings (SSSR count). The predicted molar refractivity (Wildman–Crippen MR) is 86.9 cm³/mol. The fraction of sp³-hybridized carbons (Fsp3) is 0.267. The van der Waals surface area contributed by atoms with Crippen LogP contribution in [0, 0.1) is 27.7 Å². The van der Waals surface area contributed by atoms with Crippen molar-refractivity contribution < 1.29 is 22.2 Å². The maximum absolute atomic E-state index is 12.5. The molecule has 0 amide bonds. The van der Waals surface area contributed by atoms with Gasteiger partial charge in [0.25, 0.3) is 0 Å². The van der Waals surface area contributed by atoms with Crippen LogP contribution in [0.15, 0.2) is 32.0 Å². The van der Waals surface area contributed by atoms with Crippen LogP contribution in [0.25, 0.3) is 0 Å². The zero-order valence-corrected chi connectivity index (χ0v) is 14.7. The van der Waals surface area contributed by atoms with Crippen LogP contribution in [0.2, 0.25) is 0 Å². The molecule has 2 aromatic heterocycles. The van der Waals surface area contributed by atoms with Crippen molar-refractivity contribution in [1.82, 2.24) is 14.3 Å². The molecule has 1 aromatic carbocycles. The van der Waals surface area contributed by atoms with Crippen molar-refractivity contribution in [2.75, 3.05) is 0 Å². The van der Waals surface area contributed by atoms with Crippen LogP contribution in [0.1, 0.15) is 22.6 Å². The summed E-state index contributed by atoms with van der Waals surface area (Å²) in [4.78, 5) is 11.9. The Morgan fingerprint density at radius 2 is 1.88 bits per heavy atom. The third-order valence-corrected chi connectivity index (χ3v) is 4.26. The molecule has 1 unspecified atom stereocenters. The average Bonchev–Trinajstić information content (AvgIpc) is 3.07. The Hall–Kier alpha value is -2.88. The van der Waals surface area contributed by atoms with Gasteiger partial charge < -0.3 is 13.4 Å². The molecule has 0 fully saturated rings. The smallest absolute Gasteiger partial charge is 0.422 e. The molecule has 0 spiro atoms. The molecule has 0 aliphatic rings. The molecule has 9 nitrogen and oxygen atoms in total. The van der Waals surface area contributed by atoms with E-state index >= 15 is 0 Å². The molecule has 0 saturated carbocycles. The van der Waals surface area contributed by atoms with Crippen molar-refractivity contribution in [3.63, 3.8) is 0 Å². The molecule has 10 heteroatoms. The zero-order valence-electron chi connectivity index (χ0n) is 13.9. The first kappa shape index (κ1) is 17.0. The predicted octanol–water partition coefficient (Wildman–Crippen LogP) is 2.36. The molecular formula is C15H15N3O6S. The van der Waals surface area contributed by atoms with Gasteiger partial charge in [0.2, 0.25) is 5.75 Å². The van der Waals surface area contributed by atoms with Gasteiger partial charge in [-0.3, -0.25) is 4.52 Å². The highest BCUT2D eigenvalue weighted by molar-refractivity contribution is 7.79. The van der Waals surface area contributed by atoms with Crippen LogP contribution in [0.5, 0.6) is 17.5 Å². The first-order valence-electron chi connectivity index (χ1n) is 7.24.